The van der Waals surface area contributed by atoms with Crippen LogP contribution in [0.4, 0.5) is 10.8 Å². The maximum absolute atomic E-state index is 12.2. The number of hydrogen-bond acceptors (Lipinski definition) is 8. The maximum Gasteiger partial charge on any atom is 0.337 e. The van der Waals surface area contributed by atoms with E-state index in [9.17, 15) is 9.90 Å². The van der Waals surface area contributed by atoms with Gasteiger partial charge in [0.1, 0.15) is 0 Å². The second kappa shape index (κ2) is 12.0. The molecule has 1 saturated carbocycles. The lowest BCUT2D eigenvalue weighted by Crippen LogP contribution is -2.32. The van der Waals surface area contributed by atoms with Crippen molar-refractivity contribution < 1.29 is 19.4 Å². The molecule has 2 aromatic rings. The van der Waals surface area contributed by atoms with Crippen LogP contribution in [0.1, 0.15) is 53.7 Å². The van der Waals surface area contributed by atoms with Crippen LogP contribution in [0.25, 0.3) is 5.70 Å². The van der Waals surface area contributed by atoms with Gasteiger partial charge in [-0.25, -0.2) is 9.78 Å². The Bertz CT molecular complexity index is 1050. The predicted octanol–water partition coefficient (Wildman–Crippen LogP) is 4.54. The lowest BCUT2D eigenvalue weighted by molar-refractivity contribution is 0.0697. The minimum absolute atomic E-state index is 0.287. The van der Waals surface area contributed by atoms with Crippen molar-refractivity contribution in [2.45, 2.75) is 44.7 Å². The van der Waals surface area contributed by atoms with Gasteiger partial charge < -0.3 is 24.8 Å². The molecule has 2 aliphatic rings. The second-order valence-corrected chi connectivity index (χ2v) is 10.1. The van der Waals surface area contributed by atoms with Crippen LogP contribution >= 0.6 is 11.3 Å². The van der Waals surface area contributed by atoms with Gasteiger partial charge in [0.15, 0.2) is 5.13 Å². The van der Waals surface area contributed by atoms with Crippen LogP contribution in [-0.2, 0) is 16.0 Å². The van der Waals surface area contributed by atoms with E-state index in [4.69, 9.17) is 14.5 Å². The summed E-state index contributed by atoms with van der Waals surface area (Å²) in [5.41, 5.74) is 4.99. The molecule has 1 aromatic heterocycles. The average Bonchev–Trinajstić information content (AvgIpc) is 3.47. The molecule has 0 bridgehead atoms. The number of likely N-dealkylation sites (tertiary alicyclic amines) is 1. The predicted molar refractivity (Wildman–Crippen MR) is 140 cm³/mol. The molecule has 8 nitrogen and oxygen atoms in total. The van der Waals surface area contributed by atoms with E-state index in [0.717, 1.165) is 73.8 Å². The van der Waals surface area contributed by atoms with E-state index in [1.54, 1.807) is 31.6 Å². The first-order valence-corrected chi connectivity index (χ1v) is 13.1. The van der Waals surface area contributed by atoms with Crippen LogP contribution < -0.4 is 10.2 Å². The molecule has 1 saturated heterocycles. The molecular formula is C26H36N4O4S. The van der Waals surface area contributed by atoms with Crippen LogP contribution in [0.15, 0.2) is 29.2 Å². The molecule has 0 amide bonds. The van der Waals surface area contributed by atoms with Gasteiger partial charge in [-0.05, 0) is 61.9 Å². The molecule has 2 heterocycles. The van der Waals surface area contributed by atoms with Gasteiger partial charge in [-0.2, -0.15) is 0 Å². The van der Waals surface area contributed by atoms with E-state index in [1.807, 2.05) is 24.6 Å². The van der Waals surface area contributed by atoms with E-state index in [0.29, 0.717) is 24.9 Å². The van der Waals surface area contributed by atoms with Crippen LogP contribution in [-0.4, -0.2) is 74.6 Å². The number of nitrogens with zero attached hydrogens (tertiary/aromatic N) is 3. The molecule has 0 radical (unpaired) electrons. The zero-order valence-electron chi connectivity index (χ0n) is 20.9. The van der Waals surface area contributed by atoms with Crippen molar-refractivity contribution in [3.8, 4) is 0 Å². The SMILES string of the molecule is COCCN(C)c1nc(C(Nc2ccc(CN3CCC[C@@H]3COC)cc2C(=O)O)=C2CCC2)cs1. The molecule has 0 spiro atoms. The smallest absolute Gasteiger partial charge is 0.337 e. The topological polar surface area (TPSA) is 87.2 Å². The zero-order valence-corrected chi connectivity index (χ0v) is 21.7. The lowest BCUT2D eigenvalue weighted by Gasteiger charge is -2.25. The lowest BCUT2D eigenvalue weighted by atomic mass is 9.89. The van der Waals surface area contributed by atoms with E-state index < -0.39 is 5.97 Å². The number of likely N-dealkylation sites (N-methyl/N-ethyl adjacent to an activating group) is 1. The highest BCUT2D eigenvalue weighted by Gasteiger charge is 2.25. The van der Waals surface area contributed by atoms with Crippen molar-refractivity contribution in [3.63, 3.8) is 0 Å². The molecule has 1 aromatic carbocycles. The minimum Gasteiger partial charge on any atom is -0.478 e. The van der Waals surface area contributed by atoms with Crippen molar-refractivity contribution in [1.29, 1.82) is 0 Å². The number of aromatic carboxylic acids is 1. The molecule has 4 rings (SSSR count). The summed E-state index contributed by atoms with van der Waals surface area (Å²) in [5, 5.41) is 16.4. The standard InChI is InChI=1S/C26H36N4O4S/c1-29(12-13-33-2)26-28-23(17-35-26)24(19-6-4-7-19)27-22-10-9-18(14-21(22)25(31)32)15-30-11-5-8-20(30)16-34-3/h9-10,14,17,20,27H,4-8,11-13,15-16H2,1-3H3,(H,31,32)/t20-/m1/s1. The molecule has 9 heteroatoms. The van der Waals surface area contributed by atoms with E-state index in [2.05, 4.69) is 15.1 Å². The summed E-state index contributed by atoms with van der Waals surface area (Å²) in [5.74, 6) is -0.930. The number of carboxylic acid groups (broad SMARTS) is 1. The van der Waals surface area contributed by atoms with Crippen molar-refractivity contribution in [1.82, 2.24) is 9.88 Å². The summed E-state index contributed by atoms with van der Waals surface area (Å²) >= 11 is 1.59. The van der Waals surface area contributed by atoms with E-state index in [1.165, 1.54) is 5.57 Å². The van der Waals surface area contributed by atoms with Crippen molar-refractivity contribution in [2.75, 3.05) is 57.8 Å². The van der Waals surface area contributed by atoms with Gasteiger partial charge >= 0.3 is 5.97 Å². The number of ether oxygens (including phenoxy) is 2. The second-order valence-electron chi connectivity index (χ2n) is 9.29. The summed E-state index contributed by atoms with van der Waals surface area (Å²) in [4.78, 5) is 21.5. The first kappa shape index (κ1) is 25.6. The normalized spacial score (nSPS) is 17.9. The summed E-state index contributed by atoms with van der Waals surface area (Å²) in [6, 6.07) is 6.13. The number of aromatic nitrogens is 1. The maximum atomic E-state index is 12.2. The number of allylic oxidation sites excluding steroid dienone is 1. The number of carboxylic acids is 1. The van der Waals surface area contributed by atoms with Gasteiger partial charge in [0.2, 0.25) is 0 Å². The first-order chi connectivity index (χ1) is 17.0. The van der Waals surface area contributed by atoms with Crippen LogP contribution in [0.2, 0.25) is 0 Å². The number of carbonyl (C=O) groups is 1. The number of hydrogen-bond donors (Lipinski definition) is 2. The molecule has 1 atom stereocenters. The third kappa shape index (κ3) is 6.22. The average molecular weight is 501 g/mol. The largest absolute Gasteiger partial charge is 0.478 e. The van der Waals surface area contributed by atoms with Crippen molar-refractivity contribution >= 4 is 33.8 Å². The number of rotatable bonds is 12. The zero-order chi connectivity index (χ0) is 24.8. The quantitative estimate of drug-likeness (QED) is 0.439. The van der Waals surface area contributed by atoms with Gasteiger partial charge in [0, 0.05) is 45.8 Å². The number of nitrogens with one attached hydrogen (secondary N) is 1. The third-order valence-corrected chi connectivity index (χ3v) is 7.79. The Kier molecular flexibility index (Phi) is 8.78. The number of thiazole rings is 1. The fourth-order valence-corrected chi connectivity index (χ4v) is 5.45. The first-order valence-electron chi connectivity index (χ1n) is 12.2. The highest BCUT2D eigenvalue weighted by Crippen LogP contribution is 2.36. The molecule has 1 aliphatic heterocycles. The Morgan fingerprint density at radius 3 is 2.80 bits per heavy atom. The van der Waals surface area contributed by atoms with Crippen molar-refractivity contribution in [3.05, 3.63) is 46.0 Å². The third-order valence-electron chi connectivity index (χ3n) is 6.83. The van der Waals surface area contributed by atoms with Crippen LogP contribution in [0, 0.1) is 0 Å². The number of methoxy groups -OCH3 is 2. The molecule has 0 unspecified atom stereocenters. The van der Waals surface area contributed by atoms with E-state index in [-0.39, 0.29) is 5.56 Å². The van der Waals surface area contributed by atoms with Crippen LogP contribution in [0.5, 0.6) is 0 Å². The molecular weight excluding hydrogens is 464 g/mol. The van der Waals surface area contributed by atoms with E-state index >= 15 is 0 Å². The van der Waals surface area contributed by atoms with Gasteiger partial charge in [0.05, 0.1) is 35.9 Å². The molecule has 1 aliphatic carbocycles. The minimum atomic E-state index is -0.930. The summed E-state index contributed by atoms with van der Waals surface area (Å²) in [6.45, 7) is 3.84. The fraction of sp³-hybridized carbons (Fsp3) is 0.538. The Morgan fingerprint density at radius 1 is 1.29 bits per heavy atom. The number of benzene rings is 1. The Labute approximate surface area is 211 Å². The summed E-state index contributed by atoms with van der Waals surface area (Å²) in [7, 11) is 5.43. The molecule has 190 valence electrons. The highest BCUT2D eigenvalue weighted by molar-refractivity contribution is 7.13. The molecule has 2 N–H and O–H groups in total. The number of anilines is 2. The van der Waals surface area contributed by atoms with Crippen molar-refractivity contribution in [2.24, 2.45) is 0 Å². The highest BCUT2D eigenvalue weighted by atomic mass is 32.1. The Balaban J connectivity index is 1.55. The fourth-order valence-electron chi connectivity index (χ4n) is 4.64. The monoisotopic (exact) mass is 500 g/mol. The van der Waals surface area contributed by atoms with Crippen LogP contribution in [0.3, 0.4) is 0 Å². The van der Waals surface area contributed by atoms with Gasteiger partial charge in [-0.1, -0.05) is 6.07 Å². The Hall–Kier alpha value is -2.46. The Morgan fingerprint density at radius 2 is 2.11 bits per heavy atom. The summed E-state index contributed by atoms with van der Waals surface area (Å²) < 4.78 is 10.6. The molecule has 2 fully saturated rings. The van der Waals surface area contributed by atoms with Gasteiger partial charge in [0.25, 0.3) is 0 Å². The molecule has 35 heavy (non-hydrogen) atoms. The van der Waals surface area contributed by atoms with Gasteiger partial charge in [-0.15, -0.1) is 11.3 Å². The summed E-state index contributed by atoms with van der Waals surface area (Å²) in [6.07, 6.45) is 5.42. The van der Waals surface area contributed by atoms with Gasteiger partial charge in [-0.3, -0.25) is 4.90 Å².